The molecule has 0 saturated carbocycles. The van der Waals surface area contributed by atoms with E-state index in [2.05, 4.69) is 25.7 Å². The lowest BCUT2D eigenvalue weighted by atomic mass is 10.1. The third kappa shape index (κ3) is 4.27. The number of aromatic nitrogens is 4. The molecule has 0 aliphatic heterocycles. The van der Waals surface area contributed by atoms with Crippen molar-refractivity contribution in [1.82, 2.24) is 19.7 Å². The molecule has 144 valence electrons. The fourth-order valence-electron chi connectivity index (χ4n) is 2.52. The van der Waals surface area contributed by atoms with Gasteiger partial charge in [-0.1, -0.05) is 30.3 Å². The molecule has 2 heterocycles. The van der Waals surface area contributed by atoms with Crippen molar-refractivity contribution in [3.05, 3.63) is 42.1 Å². The highest BCUT2D eigenvalue weighted by Gasteiger charge is 2.36. The first-order valence-electron chi connectivity index (χ1n) is 8.33. The zero-order valence-electron chi connectivity index (χ0n) is 14.8. The van der Waals surface area contributed by atoms with Crippen molar-refractivity contribution < 1.29 is 13.2 Å². The Kier molecular flexibility index (Phi) is 5.17. The SMILES string of the molecule is C[C@H](Nc1nc(NC[C@H](N)c2ccccc2)nc2c1cnn2C)C(F)(F)F. The van der Waals surface area contributed by atoms with Gasteiger partial charge in [0.15, 0.2) is 5.65 Å². The zero-order chi connectivity index (χ0) is 19.6. The van der Waals surface area contributed by atoms with Crippen LogP contribution in [0.1, 0.15) is 18.5 Å². The average molecular weight is 379 g/mol. The van der Waals surface area contributed by atoms with Crippen LogP contribution in [-0.2, 0) is 7.05 Å². The molecule has 7 nitrogen and oxygen atoms in total. The maximum absolute atomic E-state index is 12.9. The average Bonchev–Trinajstić information content (AvgIpc) is 3.01. The van der Waals surface area contributed by atoms with Gasteiger partial charge < -0.3 is 16.4 Å². The van der Waals surface area contributed by atoms with Crippen molar-refractivity contribution in [2.75, 3.05) is 17.2 Å². The van der Waals surface area contributed by atoms with Crippen LogP contribution in [0.2, 0.25) is 0 Å². The lowest BCUT2D eigenvalue weighted by Gasteiger charge is -2.19. The fraction of sp³-hybridized carbons (Fsp3) is 0.353. The zero-order valence-corrected chi connectivity index (χ0v) is 14.8. The third-order valence-electron chi connectivity index (χ3n) is 4.14. The van der Waals surface area contributed by atoms with Gasteiger partial charge in [0.05, 0.1) is 11.6 Å². The Hall–Kier alpha value is -2.88. The summed E-state index contributed by atoms with van der Waals surface area (Å²) >= 11 is 0. The van der Waals surface area contributed by atoms with Gasteiger partial charge in [-0.2, -0.15) is 28.2 Å². The summed E-state index contributed by atoms with van der Waals surface area (Å²) in [5.41, 5.74) is 7.48. The van der Waals surface area contributed by atoms with Gasteiger partial charge in [-0.15, -0.1) is 0 Å². The maximum atomic E-state index is 12.9. The lowest BCUT2D eigenvalue weighted by molar-refractivity contribution is -0.138. The van der Waals surface area contributed by atoms with Crippen LogP contribution in [0.25, 0.3) is 11.0 Å². The van der Waals surface area contributed by atoms with Crippen LogP contribution in [0.3, 0.4) is 0 Å². The number of fused-ring (bicyclic) bond motifs is 1. The van der Waals surface area contributed by atoms with Crippen molar-refractivity contribution in [3.8, 4) is 0 Å². The van der Waals surface area contributed by atoms with Gasteiger partial charge >= 0.3 is 6.18 Å². The molecule has 2 atom stereocenters. The lowest BCUT2D eigenvalue weighted by Crippen LogP contribution is -2.33. The molecular formula is C17H20F3N7. The first kappa shape index (κ1) is 18.9. The molecule has 0 aliphatic rings. The van der Waals surface area contributed by atoms with Crippen molar-refractivity contribution in [3.63, 3.8) is 0 Å². The minimum Gasteiger partial charge on any atom is -0.358 e. The fourth-order valence-corrected chi connectivity index (χ4v) is 2.52. The van der Waals surface area contributed by atoms with Gasteiger partial charge in [0.1, 0.15) is 11.9 Å². The number of aryl methyl sites for hydroxylation is 1. The molecule has 0 saturated heterocycles. The second-order valence-electron chi connectivity index (χ2n) is 6.21. The molecule has 10 heteroatoms. The van der Waals surface area contributed by atoms with Gasteiger partial charge in [-0.25, -0.2) is 0 Å². The number of hydrogen-bond donors (Lipinski definition) is 3. The van der Waals surface area contributed by atoms with Crippen LogP contribution in [0.4, 0.5) is 24.9 Å². The number of hydrogen-bond acceptors (Lipinski definition) is 6. The minimum absolute atomic E-state index is 0.0636. The summed E-state index contributed by atoms with van der Waals surface area (Å²) < 4.78 is 40.2. The molecular weight excluding hydrogens is 359 g/mol. The molecule has 0 bridgehead atoms. The number of nitrogens with one attached hydrogen (secondary N) is 2. The summed E-state index contributed by atoms with van der Waals surface area (Å²) in [6.07, 6.45) is -2.97. The molecule has 3 aromatic rings. The molecule has 1 aromatic carbocycles. The van der Waals surface area contributed by atoms with E-state index in [-0.39, 0.29) is 17.8 Å². The number of alkyl halides is 3. The highest BCUT2D eigenvalue weighted by atomic mass is 19.4. The molecule has 0 fully saturated rings. The highest BCUT2D eigenvalue weighted by molar-refractivity contribution is 5.87. The highest BCUT2D eigenvalue weighted by Crippen LogP contribution is 2.27. The van der Waals surface area contributed by atoms with Crippen LogP contribution in [0.5, 0.6) is 0 Å². The number of halogens is 3. The van der Waals surface area contributed by atoms with E-state index in [4.69, 9.17) is 5.73 Å². The summed E-state index contributed by atoms with van der Waals surface area (Å²) in [6, 6.07) is 7.37. The van der Waals surface area contributed by atoms with Gasteiger partial charge in [-0.3, -0.25) is 4.68 Å². The quantitative estimate of drug-likeness (QED) is 0.610. The third-order valence-corrected chi connectivity index (χ3v) is 4.14. The van der Waals surface area contributed by atoms with E-state index in [1.807, 2.05) is 30.3 Å². The standard InChI is InChI=1S/C17H20F3N7/c1-10(17(18,19)20)24-14-12-8-23-27(2)15(12)26-16(25-14)22-9-13(21)11-6-4-3-5-7-11/h3-8,10,13H,9,21H2,1-2H3,(H2,22,24,25,26)/t10-,13-/m0/s1. The number of nitrogens with zero attached hydrogens (tertiary/aromatic N) is 4. The number of nitrogens with two attached hydrogens (primary N) is 1. The van der Waals surface area contributed by atoms with E-state index in [1.54, 1.807) is 7.05 Å². The molecule has 2 aromatic heterocycles. The first-order chi connectivity index (χ1) is 12.8. The Balaban J connectivity index is 1.84. The topological polar surface area (TPSA) is 93.7 Å². The van der Waals surface area contributed by atoms with Crippen molar-refractivity contribution in [2.24, 2.45) is 12.8 Å². The monoisotopic (exact) mass is 379 g/mol. The van der Waals surface area contributed by atoms with Crippen molar-refractivity contribution in [1.29, 1.82) is 0 Å². The van der Waals surface area contributed by atoms with Crippen molar-refractivity contribution >= 4 is 22.8 Å². The largest absolute Gasteiger partial charge is 0.408 e. The van der Waals surface area contributed by atoms with E-state index in [0.29, 0.717) is 17.6 Å². The Labute approximate surface area is 153 Å². The van der Waals surface area contributed by atoms with Gasteiger partial charge in [0.25, 0.3) is 0 Å². The Morgan fingerprint density at radius 3 is 2.56 bits per heavy atom. The smallest absolute Gasteiger partial charge is 0.358 e. The maximum Gasteiger partial charge on any atom is 0.408 e. The summed E-state index contributed by atoms with van der Waals surface area (Å²) in [4.78, 5) is 8.52. The predicted molar refractivity (Wildman–Crippen MR) is 97.3 cm³/mol. The summed E-state index contributed by atoms with van der Waals surface area (Å²) in [7, 11) is 1.66. The molecule has 27 heavy (non-hydrogen) atoms. The van der Waals surface area contributed by atoms with Crippen molar-refractivity contribution in [2.45, 2.75) is 25.2 Å². The van der Waals surface area contributed by atoms with E-state index >= 15 is 0 Å². The van der Waals surface area contributed by atoms with E-state index in [0.717, 1.165) is 12.5 Å². The second-order valence-corrected chi connectivity index (χ2v) is 6.21. The summed E-state index contributed by atoms with van der Waals surface area (Å²) in [5.74, 6) is 0.239. The normalized spacial score (nSPS) is 14.1. The predicted octanol–water partition coefficient (Wildman–Crippen LogP) is 2.84. The van der Waals surface area contributed by atoms with Gasteiger partial charge in [0.2, 0.25) is 5.95 Å². The summed E-state index contributed by atoms with van der Waals surface area (Å²) in [5, 5.41) is 9.85. The molecule has 4 N–H and O–H groups in total. The molecule has 0 amide bonds. The van der Waals surface area contributed by atoms with E-state index in [9.17, 15) is 13.2 Å². The molecule has 0 unspecified atom stereocenters. The Morgan fingerprint density at radius 2 is 1.89 bits per heavy atom. The number of benzene rings is 1. The van der Waals surface area contributed by atoms with Crippen LogP contribution in [0, 0.1) is 0 Å². The Morgan fingerprint density at radius 1 is 1.19 bits per heavy atom. The second kappa shape index (κ2) is 7.39. The van der Waals surface area contributed by atoms with E-state index in [1.165, 1.54) is 10.9 Å². The van der Waals surface area contributed by atoms with Gasteiger partial charge in [-0.05, 0) is 12.5 Å². The molecule has 0 radical (unpaired) electrons. The van der Waals surface area contributed by atoms with Crippen LogP contribution >= 0.6 is 0 Å². The van der Waals surface area contributed by atoms with Gasteiger partial charge in [0, 0.05) is 19.6 Å². The number of anilines is 2. The number of rotatable bonds is 6. The Bertz CT molecular complexity index is 908. The van der Waals surface area contributed by atoms with Crippen LogP contribution in [0.15, 0.2) is 36.5 Å². The van der Waals surface area contributed by atoms with Crippen LogP contribution in [-0.4, -0.2) is 38.5 Å². The molecule has 3 rings (SSSR count). The first-order valence-corrected chi connectivity index (χ1v) is 8.33. The molecule has 0 spiro atoms. The molecule has 0 aliphatic carbocycles. The minimum atomic E-state index is -4.40. The van der Waals surface area contributed by atoms with Crippen LogP contribution < -0.4 is 16.4 Å². The van der Waals surface area contributed by atoms with E-state index < -0.39 is 12.2 Å². The summed E-state index contributed by atoms with van der Waals surface area (Å²) in [6.45, 7) is 1.35.